The topological polar surface area (TPSA) is 68.3 Å². The smallest absolute Gasteiger partial charge is 0.208 e. The number of hydrogen-bond acceptors (Lipinski definition) is 4. The Balaban J connectivity index is 2.38. The van der Waals surface area contributed by atoms with Gasteiger partial charge < -0.3 is 0 Å². The van der Waals surface area contributed by atoms with E-state index in [2.05, 4.69) is 0 Å². The molecule has 1 aliphatic heterocycles. The maximum absolute atomic E-state index is 12.6. The number of rotatable bonds is 1. The molecule has 1 aliphatic rings. The van der Waals surface area contributed by atoms with E-state index in [1.807, 2.05) is 0 Å². The highest BCUT2D eigenvalue weighted by Gasteiger charge is 2.34. The molecule has 0 saturated heterocycles. The van der Waals surface area contributed by atoms with Crippen LogP contribution in [0.15, 0.2) is 52.3 Å². The molecule has 0 atom stereocenters. The minimum Gasteiger partial charge on any atom is -0.295 e. The molecule has 20 heavy (non-hydrogen) atoms. The summed E-state index contributed by atoms with van der Waals surface area (Å²) in [6.07, 6.45) is 0. The van der Waals surface area contributed by atoms with Crippen molar-refractivity contribution in [3.05, 3.63) is 59.2 Å². The van der Waals surface area contributed by atoms with Gasteiger partial charge in [-0.3, -0.25) is 9.59 Å². The molecular formula is C15H10O4S. The van der Waals surface area contributed by atoms with Crippen LogP contribution in [0.25, 0.3) is 0 Å². The molecule has 0 aliphatic carbocycles. The van der Waals surface area contributed by atoms with Gasteiger partial charge in [-0.15, -0.1) is 0 Å². The second-order valence-electron chi connectivity index (χ2n) is 4.60. The highest BCUT2D eigenvalue weighted by Crippen LogP contribution is 2.34. The van der Waals surface area contributed by atoms with Gasteiger partial charge in [0.15, 0.2) is 11.6 Å². The van der Waals surface area contributed by atoms with Gasteiger partial charge >= 0.3 is 0 Å². The maximum atomic E-state index is 12.6. The molecule has 0 radical (unpaired) electrons. The zero-order valence-corrected chi connectivity index (χ0v) is 11.4. The molecule has 0 unspecified atom stereocenters. The Morgan fingerprint density at radius 1 is 0.950 bits per heavy atom. The molecule has 0 bridgehead atoms. The van der Waals surface area contributed by atoms with Crippen molar-refractivity contribution in [3.63, 3.8) is 0 Å². The molecule has 100 valence electrons. The summed E-state index contributed by atoms with van der Waals surface area (Å²) in [6.45, 7) is 1.35. The number of carbonyl (C=O) groups is 2. The van der Waals surface area contributed by atoms with Gasteiger partial charge in [0, 0.05) is 16.7 Å². The Labute approximate surface area is 116 Å². The lowest BCUT2D eigenvalue weighted by molar-refractivity contribution is 0.101. The number of ketones is 2. The molecular weight excluding hydrogens is 276 g/mol. The maximum Gasteiger partial charge on any atom is 0.208 e. The molecule has 2 aromatic rings. The Kier molecular flexibility index (Phi) is 2.62. The largest absolute Gasteiger partial charge is 0.295 e. The summed E-state index contributed by atoms with van der Waals surface area (Å²) in [5.74, 6) is -0.574. The van der Waals surface area contributed by atoms with Crippen LogP contribution in [0.3, 0.4) is 0 Å². The summed E-state index contributed by atoms with van der Waals surface area (Å²) in [4.78, 5) is 23.6. The van der Waals surface area contributed by atoms with Crippen molar-refractivity contribution >= 4 is 21.4 Å². The fourth-order valence-corrected chi connectivity index (χ4v) is 3.98. The minimum atomic E-state index is -3.76. The highest BCUT2D eigenvalue weighted by molar-refractivity contribution is 7.91. The van der Waals surface area contributed by atoms with Crippen LogP contribution in [-0.2, 0) is 9.84 Å². The number of fused-ring (bicyclic) bond motifs is 2. The molecule has 4 nitrogen and oxygen atoms in total. The fourth-order valence-electron chi connectivity index (χ4n) is 2.30. The van der Waals surface area contributed by atoms with Gasteiger partial charge in [0.25, 0.3) is 0 Å². The third-order valence-corrected chi connectivity index (χ3v) is 5.20. The Bertz CT molecular complexity index is 863. The SMILES string of the molecule is CC(=O)c1ccc2c(c1)S(=O)(=O)c1ccccc1C2=O. The standard InChI is InChI=1S/C15H10O4S/c1-9(16)10-6-7-12-14(8-10)20(18,19)13-5-3-2-4-11(13)15(12)17/h2-8H,1H3. The van der Waals surface area contributed by atoms with Crippen LogP contribution in [0.5, 0.6) is 0 Å². The first kappa shape index (κ1) is 12.7. The average molecular weight is 286 g/mol. The van der Waals surface area contributed by atoms with Crippen LogP contribution in [0, 0.1) is 0 Å². The normalized spacial score (nSPS) is 15.3. The van der Waals surface area contributed by atoms with E-state index in [-0.39, 0.29) is 38.0 Å². The summed E-state index contributed by atoms with van der Waals surface area (Å²) in [5, 5.41) is 0. The molecule has 5 heteroatoms. The predicted octanol–water partition coefficient (Wildman–Crippen LogP) is 2.27. The molecule has 0 spiro atoms. The van der Waals surface area contributed by atoms with Crippen LogP contribution < -0.4 is 0 Å². The summed E-state index contributed by atoms with van der Waals surface area (Å²) >= 11 is 0. The van der Waals surface area contributed by atoms with Crippen LogP contribution in [-0.4, -0.2) is 20.0 Å². The van der Waals surface area contributed by atoms with Gasteiger partial charge in [-0.1, -0.05) is 18.2 Å². The second kappa shape index (κ2) is 4.11. The van der Waals surface area contributed by atoms with Gasteiger partial charge in [0.2, 0.25) is 9.84 Å². The van der Waals surface area contributed by atoms with E-state index in [0.29, 0.717) is 0 Å². The Hall–Kier alpha value is -2.27. The second-order valence-corrected chi connectivity index (χ2v) is 6.48. The van der Waals surface area contributed by atoms with E-state index in [4.69, 9.17) is 0 Å². The molecule has 0 saturated carbocycles. The summed E-state index contributed by atoms with van der Waals surface area (Å²) in [7, 11) is -3.76. The molecule has 1 heterocycles. The lowest BCUT2D eigenvalue weighted by atomic mass is 10.0. The third-order valence-electron chi connectivity index (χ3n) is 3.34. The van der Waals surface area contributed by atoms with Crippen molar-refractivity contribution in [3.8, 4) is 0 Å². The third kappa shape index (κ3) is 1.63. The molecule has 3 rings (SSSR count). The number of Topliss-reactive ketones (excluding diaryl/α,β-unsaturated/α-hetero) is 1. The summed E-state index contributed by atoms with van der Waals surface area (Å²) < 4.78 is 25.1. The van der Waals surface area contributed by atoms with E-state index >= 15 is 0 Å². The predicted molar refractivity (Wildman–Crippen MR) is 71.8 cm³/mol. The monoisotopic (exact) mass is 286 g/mol. The van der Waals surface area contributed by atoms with Crippen molar-refractivity contribution in [2.75, 3.05) is 0 Å². The zero-order valence-electron chi connectivity index (χ0n) is 10.6. The molecule has 2 aromatic carbocycles. The molecule has 0 amide bonds. The van der Waals surface area contributed by atoms with Crippen LogP contribution in [0.2, 0.25) is 0 Å². The highest BCUT2D eigenvalue weighted by atomic mass is 32.2. The first-order chi connectivity index (χ1) is 9.43. The number of hydrogen-bond donors (Lipinski definition) is 0. The lowest BCUT2D eigenvalue weighted by Gasteiger charge is -2.18. The number of carbonyl (C=O) groups excluding carboxylic acids is 2. The van der Waals surface area contributed by atoms with Crippen molar-refractivity contribution in [1.29, 1.82) is 0 Å². The van der Waals surface area contributed by atoms with E-state index in [1.165, 1.54) is 37.3 Å². The van der Waals surface area contributed by atoms with Gasteiger partial charge in [0.05, 0.1) is 9.79 Å². The first-order valence-electron chi connectivity index (χ1n) is 5.97. The van der Waals surface area contributed by atoms with Gasteiger partial charge in [-0.05, 0) is 31.2 Å². The van der Waals surface area contributed by atoms with Crippen molar-refractivity contribution < 1.29 is 18.0 Å². The van der Waals surface area contributed by atoms with E-state index < -0.39 is 9.84 Å². The van der Waals surface area contributed by atoms with E-state index in [9.17, 15) is 18.0 Å². The van der Waals surface area contributed by atoms with Crippen molar-refractivity contribution in [2.45, 2.75) is 16.7 Å². The van der Waals surface area contributed by atoms with Gasteiger partial charge in [0.1, 0.15) is 0 Å². The molecule has 0 N–H and O–H groups in total. The lowest BCUT2D eigenvalue weighted by Crippen LogP contribution is -2.20. The van der Waals surface area contributed by atoms with Gasteiger partial charge in [-0.2, -0.15) is 0 Å². The Morgan fingerprint density at radius 3 is 2.30 bits per heavy atom. The summed E-state index contributed by atoms with van der Waals surface area (Å²) in [5.41, 5.74) is 0.573. The number of benzene rings is 2. The van der Waals surface area contributed by atoms with Crippen LogP contribution >= 0.6 is 0 Å². The number of sulfone groups is 1. The van der Waals surface area contributed by atoms with E-state index in [1.54, 1.807) is 12.1 Å². The molecule has 0 fully saturated rings. The zero-order chi connectivity index (χ0) is 14.5. The quantitative estimate of drug-likeness (QED) is 0.643. The molecule has 0 aromatic heterocycles. The van der Waals surface area contributed by atoms with Crippen LogP contribution in [0.1, 0.15) is 33.2 Å². The van der Waals surface area contributed by atoms with Crippen molar-refractivity contribution in [2.24, 2.45) is 0 Å². The fraction of sp³-hybridized carbons (Fsp3) is 0.0667. The van der Waals surface area contributed by atoms with E-state index in [0.717, 1.165) is 0 Å². The summed E-state index contributed by atoms with van der Waals surface area (Å²) in [6, 6.07) is 10.3. The Morgan fingerprint density at radius 2 is 1.60 bits per heavy atom. The van der Waals surface area contributed by atoms with Crippen molar-refractivity contribution in [1.82, 2.24) is 0 Å². The van der Waals surface area contributed by atoms with Crippen LogP contribution in [0.4, 0.5) is 0 Å². The van der Waals surface area contributed by atoms with Gasteiger partial charge in [-0.25, -0.2) is 8.42 Å². The minimum absolute atomic E-state index is 0.00166. The first-order valence-corrected chi connectivity index (χ1v) is 7.45. The average Bonchev–Trinajstić information content (AvgIpc) is 2.44.